The number of carbonyl (C=O) groups excluding carboxylic acids is 1. The van der Waals surface area contributed by atoms with Gasteiger partial charge in [0.2, 0.25) is 6.79 Å². The zero-order valence-corrected chi connectivity index (χ0v) is 17.0. The first-order chi connectivity index (χ1) is 13.8. The number of thiazole rings is 1. The molecule has 1 aromatic heterocycles. The smallest absolute Gasteiger partial charge is 0.252 e. The first-order valence-corrected chi connectivity index (χ1v) is 11.3. The molecule has 9 heteroatoms. The van der Waals surface area contributed by atoms with Crippen molar-refractivity contribution in [2.24, 2.45) is 4.99 Å². The number of sulfone groups is 1. The maximum absolute atomic E-state index is 12.5. The van der Waals surface area contributed by atoms with Gasteiger partial charge in [0.15, 0.2) is 26.1 Å². The van der Waals surface area contributed by atoms with E-state index in [0.717, 1.165) is 16.5 Å². The zero-order chi connectivity index (χ0) is 20.6. The number of benzene rings is 2. The predicted octanol–water partition coefficient (Wildman–Crippen LogP) is 2.14. The predicted molar refractivity (Wildman–Crippen MR) is 109 cm³/mol. The minimum atomic E-state index is -3.28. The lowest BCUT2D eigenvalue weighted by Crippen LogP contribution is -2.17. The summed E-state index contributed by atoms with van der Waals surface area (Å²) in [4.78, 5) is 17.4. The van der Waals surface area contributed by atoms with Gasteiger partial charge < -0.3 is 14.0 Å². The Kier molecular flexibility index (Phi) is 4.90. The van der Waals surface area contributed by atoms with Crippen LogP contribution in [0.3, 0.4) is 0 Å². The lowest BCUT2D eigenvalue weighted by molar-refractivity contribution is -0.117. The Hall–Kier alpha value is -3.09. The van der Waals surface area contributed by atoms with Crippen LogP contribution in [0, 0.1) is 12.3 Å². The van der Waals surface area contributed by atoms with Crippen LogP contribution in [0.1, 0.15) is 5.56 Å². The number of terminal acetylenes is 1. The summed E-state index contributed by atoms with van der Waals surface area (Å²) >= 11 is 1.34. The molecule has 4 rings (SSSR count). The second-order valence-electron chi connectivity index (χ2n) is 6.45. The number of hydrogen-bond acceptors (Lipinski definition) is 6. The highest BCUT2D eigenvalue weighted by Crippen LogP contribution is 2.36. The summed E-state index contributed by atoms with van der Waals surface area (Å²) in [5, 5.41) is 0. The van der Waals surface area contributed by atoms with Gasteiger partial charge in [0.1, 0.15) is 0 Å². The molecule has 7 nitrogen and oxygen atoms in total. The molecule has 29 heavy (non-hydrogen) atoms. The standard InChI is InChI=1S/C20H16N2O5S2/c1-3-8-22-15-10-16-17(27-12-26-16)11-18(15)28-20(22)21-19(23)9-13-4-6-14(7-5-13)29(2,24)25/h1,4-7,10-11H,8-9,12H2,2H3. The molecule has 148 valence electrons. The summed E-state index contributed by atoms with van der Waals surface area (Å²) in [5.41, 5.74) is 1.50. The topological polar surface area (TPSA) is 87.0 Å². The summed E-state index contributed by atoms with van der Waals surface area (Å²) in [6, 6.07) is 9.88. The van der Waals surface area contributed by atoms with E-state index < -0.39 is 9.84 Å². The van der Waals surface area contributed by atoms with Crippen LogP contribution < -0.4 is 14.3 Å². The fourth-order valence-electron chi connectivity index (χ4n) is 2.96. The van der Waals surface area contributed by atoms with Crippen molar-refractivity contribution in [1.29, 1.82) is 0 Å². The lowest BCUT2D eigenvalue weighted by atomic mass is 10.1. The van der Waals surface area contributed by atoms with Gasteiger partial charge in [0.05, 0.1) is 28.1 Å². The number of carbonyl (C=O) groups is 1. The van der Waals surface area contributed by atoms with Gasteiger partial charge in [-0.1, -0.05) is 29.4 Å². The molecule has 0 fully saturated rings. The van der Waals surface area contributed by atoms with Crippen LogP contribution >= 0.6 is 11.3 Å². The molecule has 0 bridgehead atoms. The van der Waals surface area contributed by atoms with Crippen LogP contribution in [-0.2, 0) is 27.6 Å². The molecule has 0 radical (unpaired) electrons. The third-order valence-corrected chi connectivity index (χ3v) is 6.52. The van der Waals surface area contributed by atoms with Gasteiger partial charge in [-0.15, -0.1) is 6.42 Å². The average molecular weight is 428 g/mol. The van der Waals surface area contributed by atoms with Gasteiger partial charge in [-0.25, -0.2) is 8.42 Å². The van der Waals surface area contributed by atoms with E-state index in [-0.39, 0.29) is 30.6 Å². The van der Waals surface area contributed by atoms with E-state index in [4.69, 9.17) is 15.9 Å². The minimum Gasteiger partial charge on any atom is -0.454 e. The molecule has 0 atom stereocenters. The molecule has 2 aromatic carbocycles. The molecule has 3 aromatic rings. The fraction of sp³-hybridized carbons (Fsp3) is 0.200. The zero-order valence-electron chi connectivity index (χ0n) is 15.4. The largest absolute Gasteiger partial charge is 0.454 e. The van der Waals surface area contributed by atoms with Crippen LogP contribution in [0.4, 0.5) is 0 Å². The van der Waals surface area contributed by atoms with E-state index in [2.05, 4.69) is 10.9 Å². The Morgan fingerprint density at radius 3 is 2.59 bits per heavy atom. The molecule has 1 amide bonds. The monoisotopic (exact) mass is 428 g/mol. The summed E-state index contributed by atoms with van der Waals surface area (Å²) in [5.74, 6) is 3.51. The van der Waals surface area contributed by atoms with Crippen molar-refractivity contribution >= 4 is 37.3 Å². The van der Waals surface area contributed by atoms with Crippen molar-refractivity contribution < 1.29 is 22.7 Å². The van der Waals surface area contributed by atoms with E-state index >= 15 is 0 Å². The Balaban J connectivity index is 1.67. The third kappa shape index (κ3) is 3.90. The maximum Gasteiger partial charge on any atom is 0.252 e. The third-order valence-electron chi connectivity index (χ3n) is 4.35. The van der Waals surface area contributed by atoms with Crippen molar-refractivity contribution in [3.05, 3.63) is 46.8 Å². The molecule has 0 spiro atoms. The summed E-state index contributed by atoms with van der Waals surface area (Å²) in [6.45, 7) is 0.435. The van der Waals surface area contributed by atoms with Crippen molar-refractivity contribution in [2.45, 2.75) is 17.9 Å². The second kappa shape index (κ2) is 7.39. The van der Waals surface area contributed by atoms with Gasteiger partial charge in [0, 0.05) is 18.4 Å². The Labute approximate surface area is 171 Å². The Morgan fingerprint density at radius 1 is 1.24 bits per heavy atom. The number of aromatic nitrogens is 1. The number of ether oxygens (including phenoxy) is 2. The molecule has 0 saturated carbocycles. The number of hydrogen-bond donors (Lipinski definition) is 0. The van der Waals surface area contributed by atoms with E-state index in [9.17, 15) is 13.2 Å². The van der Waals surface area contributed by atoms with Crippen molar-refractivity contribution in [1.82, 2.24) is 4.57 Å². The molecular weight excluding hydrogens is 412 g/mol. The van der Waals surface area contributed by atoms with Gasteiger partial charge in [-0.2, -0.15) is 4.99 Å². The second-order valence-corrected chi connectivity index (χ2v) is 9.47. The quantitative estimate of drug-likeness (QED) is 0.594. The van der Waals surface area contributed by atoms with E-state index in [1.807, 2.05) is 12.1 Å². The SMILES string of the molecule is C#CCn1c(=NC(=O)Cc2ccc(S(C)(=O)=O)cc2)sc2cc3c(cc21)OCO3. The normalized spacial score (nSPS) is 13.6. The molecule has 0 unspecified atom stereocenters. The molecule has 0 N–H and O–H groups in total. The summed E-state index contributed by atoms with van der Waals surface area (Å²) in [7, 11) is -3.28. The van der Waals surface area contributed by atoms with Crippen molar-refractivity contribution in [3.8, 4) is 23.8 Å². The average Bonchev–Trinajstić information content (AvgIpc) is 3.24. The van der Waals surface area contributed by atoms with Crippen molar-refractivity contribution in [3.63, 3.8) is 0 Å². The van der Waals surface area contributed by atoms with Crippen LogP contribution in [0.15, 0.2) is 46.3 Å². The summed E-state index contributed by atoms with van der Waals surface area (Å²) < 4.78 is 36.6. The minimum absolute atomic E-state index is 0.0526. The van der Waals surface area contributed by atoms with Crippen LogP contribution in [-0.4, -0.2) is 31.9 Å². The lowest BCUT2D eigenvalue weighted by Gasteiger charge is -2.02. The number of amides is 1. The highest BCUT2D eigenvalue weighted by Gasteiger charge is 2.18. The van der Waals surface area contributed by atoms with E-state index in [1.165, 1.54) is 23.5 Å². The molecule has 1 aliphatic rings. The molecule has 0 aliphatic carbocycles. The summed E-state index contributed by atoms with van der Waals surface area (Å²) in [6.07, 6.45) is 6.69. The number of fused-ring (bicyclic) bond motifs is 2. The highest BCUT2D eigenvalue weighted by atomic mass is 32.2. The molecule has 0 saturated heterocycles. The van der Waals surface area contributed by atoms with E-state index in [1.54, 1.807) is 16.7 Å². The van der Waals surface area contributed by atoms with Crippen LogP contribution in [0.25, 0.3) is 10.2 Å². The highest BCUT2D eigenvalue weighted by molar-refractivity contribution is 7.90. The van der Waals surface area contributed by atoms with Crippen LogP contribution in [0.5, 0.6) is 11.5 Å². The number of nitrogens with zero attached hydrogens (tertiary/aromatic N) is 2. The number of rotatable bonds is 4. The van der Waals surface area contributed by atoms with Gasteiger partial charge in [0.25, 0.3) is 5.91 Å². The van der Waals surface area contributed by atoms with Crippen LogP contribution in [0.2, 0.25) is 0 Å². The first-order valence-electron chi connectivity index (χ1n) is 8.58. The first kappa shape index (κ1) is 19.2. The fourth-order valence-corrected chi connectivity index (χ4v) is 4.65. The molecular formula is C20H16N2O5S2. The van der Waals surface area contributed by atoms with Crippen molar-refractivity contribution in [2.75, 3.05) is 13.0 Å². The van der Waals surface area contributed by atoms with Gasteiger partial charge >= 0.3 is 0 Å². The van der Waals surface area contributed by atoms with E-state index in [0.29, 0.717) is 21.9 Å². The maximum atomic E-state index is 12.5. The molecule has 1 aliphatic heterocycles. The van der Waals surface area contributed by atoms with Gasteiger partial charge in [-0.05, 0) is 17.7 Å². The van der Waals surface area contributed by atoms with Gasteiger partial charge in [-0.3, -0.25) is 4.79 Å². The molecule has 2 heterocycles. The Bertz CT molecular complexity index is 1330. The Morgan fingerprint density at radius 2 is 1.93 bits per heavy atom.